The Kier molecular flexibility index (Phi) is 4.14. The summed E-state index contributed by atoms with van der Waals surface area (Å²) >= 11 is 0. The Morgan fingerprint density at radius 1 is 1.53 bits per heavy atom. The van der Waals surface area contributed by atoms with E-state index >= 15 is 0 Å². The molecule has 0 aromatic carbocycles. The van der Waals surface area contributed by atoms with E-state index in [-0.39, 0.29) is 5.56 Å². The molecular formula is C12H20N4O. The van der Waals surface area contributed by atoms with Crippen LogP contribution in [0.5, 0.6) is 0 Å². The van der Waals surface area contributed by atoms with Gasteiger partial charge in [-0.25, -0.2) is 4.98 Å². The number of likely N-dealkylation sites (N-methyl/N-ethyl adjacent to an activating group) is 1. The monoisotopic (exact) mass is 236 g/mol. The number of aromatic nitrogens is 2. The van der Waals surface area contributed by atoms with E-state index in [9.17, 15) is 4.79 Å². The van der Waals surface area contributed by atoms with Crippen molar-refractivity contribution in [2.24, 2.45) is 0 Å². The van der Waals surface area contributed by atoms with Gasteiger partial charge >= 0.3 is 0 Å². The molecule has 0 atom stereocenters. The lowest BCUT2D eigenvalue weighted by Crippen LogP contribution is -2.34. The molecule has 5 heteroatoms. The van der Waals surface area contributed by atoms with Crippen LogP contribution >= 0.6 is 0 Å². The van der Waals surface area contributed by atoms with Gasteiger partial charge in [-0.15, -0.1) is 0 Å². The lowest BCUT2D eigenvalue weighted by molar-refractivity contribution is 0.254. The molecule has 94 valence electrons. The molecule has 0 spiro atoms. The van der Waals surface area contributed by atoms with Gasteiger partial charge in [-0.1, -0.05) is 12.8 Å². The highest BCUT2D eigenvalue weighted by molar-refractivity contribution is 5.29. The Morgan fingerprint density at radius 2 is 2.29 bits per heavy atom. The van der Waals surface area contributed by atoms with Crippen molar-refractivity contribution in [1.82, 2.24) is 14.9 Å². The number of hydrogen-bond donors (Lipinski definition) is 2. The van der Waals surface area contributed by atoms with Crippen LogP contribution in [0.4, 0.5) is 5.82 Å². The van der Waals surface area contributed by atoms with E-state index < -0.39 is 0 Å². The van der Waals surface area contributed by atoms with Gasteiger partial charge in [0.2, 0.25) is 0 Å². The van der Waals surface area contributed by atoms with Gasteiger partial charge in [-0.3, -0.25) is 4.79 Å². The predicted octanol–water partition coefficient (Wildman–Crippen LogP) is 1.06. The van der Waals surface area contributed by atoms with Crippen molar-refractivity contribution in [3.8, 4) is 0 Å². The van der Waals surface area contributed by atoms with E-state index in [1.807, 2.05) is 0 Å². The normalized spacial score (nSPS) is 16.6. The number of rotatable bonds is 5. The summed E-state index contributed by atoms with van der Waals surface area (Å²) in [6.45, 7) is 1.70. The summed E-state index contributed by atoms with van der Waals surface area (Å²) in [5, 5.41) is 3.07. The zero-order chi connectivity index (χ0) is 12.1. The summed E-state index contributed by atoms with van der Waals surface area (Å²) in [6.07, 6.45) is 8.44. The predicted molar refractivity (Wildman–Crippen MR) is 68.2 cm³/mol. The Morgan fingerprint density at radius 3 is 3.00 bits per heavy atom. The minimum atomic E-state index is -0.156. The zero-order valence-corrected chi connectivity index (χ0v) is 10.3. The van der Waals surface area contributed by atoms with Gasteiger partial charge in [0.25, 0.3) is 5.56 Å². The molecule has 1 aromatic heterocycles. The molecule has 1 aromatic rings. The van der Waals surface area contributed by atoms with Crippen molar-refractivity contribution in [3.63, 3.8) is 0 Å². The van der Waals surface area contributed by atoms with Gasteiger partial charge in [0.1, 0.15) is 0 Å². The van der Waals surface area contributed by atoms with Crippen LogP contribution in [0, 0.1) is 0 Å². The minimum Gasteiger partial charge on any atom is -0.364 e. The maximum absolute atomic E-state index is 11.4. The fraction of sp³-hybridized carbons (Fsp3) is 0.667. The van der Waals surface area contributed by atoms with Gasteiger partial charge in [0.05, 0.1) is 0 Å². The molecule has 5 nitrogen and oxygen atoms in total. The van der Waals surface area contributed by atoms with Crippen LogP contribution in [-0.2, 0) is 0 Å². The number of H-pyrrole nitrogens is 1. The van der Waals surface area contributed by atoms with Crippen LogP contribution in [0.25, 0.3) is 0 Å². The topological polar surface area (TPSA) is 61.0 Å². The van der Waals surface area contributed by atoms with Gasteiger partial charge in [-0.05, 0) is 19.9 Å². The van der Waals surface area contributed by atoms with Crippen molar-refractivity contribution >= 4 is 5.82 Å². The third-order valence-corrected chi connectivity index (χ3v) is 3.41. The van der Waals surface area contributed by atoms with Crippen molar-refractivity contribution in [2.45, 2.75) is 31.7 Å². The quantitative estimate of drug-likeness (QED) is 0.802. The summed E-state index contributed by atoms with van der Waals surface area (Å²) in [5.74, 6) is 0.410. The molecule has 1 fully saturated rings. The first-order chi connectivity index (χ1) is 8.27. The number of hydrogen-bond acceptors (Lipinski definition) is 4. The van der Waals surface area contributed by atoms with Crippen LogP contribution in [0.1, 0.15) is 25.7 Å². The van der Waals surface area contributed by atoms with Crippen LogP contribution in [0.2, 0.25) is 0 Å². The number of aromatic amines is 1. The van der Waals surface area contributed by atoms with Gasteiger partial charge in [-0.2, -0.15) is 0 Å². The molecule has 0 aliphatic heterocycles. The van der Waals surface area contributed by atoms with Crippen LogP contribution in [0.15, 0.2) is 17.2 Å². The van der Waals surface area contributed by atoms with E-state index in [2.05, 4.69) is 27.2 Å². The summed E-state index contributed by atoms with van der Waals surface area (Å²) in [7, 11) is 2.15. The van der Waals surface area contributed by atoms with E-state index in [0.29, 0.717) is 5.82 Å². The van der Waals surface area contributed by atoms with Crippen LogP contribution in [0.3, 0.4) is 0 Å². The maximum Gasteiger partial charge on any atom is 0.290 e. The minimum absolute atomic E-state index is 0.156. The van der Waals surface area contributed by atoms with Crippen molar-refractivity contribution in [3.05, 3.63) is 22.7 Å². The largest absolute Gasteiger partial charge is 0.364 e. The second-order valence-electron chi connectivity index (χ2n) is 4.61. The molecule has 1 heterocycles. The van der Waals surface area contributed by atoms with Crippen LogP contribution < -0.4 is 10.9 Å². The molecule has 17 heavy (non-hydrogen) atoms. The number of anilines is 1. The van der Waals surface area contributed by atoms with Crippen molar-refractivity contribution in [1.29, 1.82) is 0 Å². The lowest BCUT2D eigenvalue weighted by Gasteiger charge is -2.23. The summed E-state index contributed by atoms with van der Waals surface area (Å²) < 4.78 is 0. The summed E-state index contributed by atoms with van der Waals surface area (Å²) in [4.78, 5) is 20.3. The smallest absolute Gasteiger partial charge is 0.290 e. The summed E-state index contributed by atoms with van der Waals surface area (Å²) in [5.41, 5.74) is -0.156. The third kappa shape index (κ3) is 3.30. The molecule has 0 bridgehead atoms. The Balaban J connectivity index is 1.76. The molecular weight excluding hydrogens is 216 g/mol. The fourth-order valence-electron chi connectivity index (χ4n) is 2.36. The average molecular weight is 236 g/mol. The molecule has 1 saturated carbocycles. The highest BCUT2D eigenvalue weighted by atomic mass is 16.1. The number of nitrogens with one attached hydrogen (secondary N) is 2. The maximum atomic E-state index is 11.4. The highest BCUT2D eigenvalue weighted by Gasteiger charge is 2.18. The molecule has 0 saturated heterocycles. The van der Waals surface area contributed by atoms with Crippen molar-refractivity contribution in [2.75, 3.05) is 25.5 Å². The first-order valence-corrected chi connectivity index (χ1v) is 6.25. The SMILES string of the molecule is CN(CCNc1ncc[nH]c1=O)C1CCCC1. The van der Waals surface area contributed by atoms with E-state index in [1.165, 1.54) is 31.9 Å². The fourth-order valence-corrected chi connectivity index (χ4v) is 2.36. The first kappa shape index (κ1) is 12.1. The zero-order valence-electron chi connectivity index (χ0n) is 10.3. The molecule has 0 amide bonds. The van der Waals surface area contributed by atoms with Gasteiger partial charge < -0.3 is 15.2 Å². The lowest BCUT2D eigenvalue weighted by atomic mass is 10.2. The molecule has 1 aliphatic rings. The highest BCUT2D eigenvalue weighted by Crippen LogP contribution is 2.21. The summed E-state index contributed by atoms with van der Waals surface area (Å²) in [6, 6.07) is 0.721. The molecule has 2 N–H and O–H groups in total. The van der Waals surface area contributed by atoms with Gasteiger partial charge in [0.15, 0.2) is 5.82 Å². The first-order valence-electron chi connectivity index (χ1n) is 6.25. The van der Waals surface area contributed by atoms with Gasteiger partial charge in [0, 0.05) is 31.5 Å². The van der Waals surface area contributed by atoms with E-state index in [4.69, 9.17) is 0 Å². The molecule has 1 aliphatic carbocycles. The van der Waals surface area contributed by atoms with E-state index in [1.54, 1.807) is 6.20 Å². The Hall–Kier alpha value is -1.36. The van der Waals surface area contributed by atoms with Crippen molar-refractivity contribution < 1.29 is 0 Å². The average Bonchev–Trinajstić information content (AvgIpc) is 2.85. The number of nitrogens with zero attached hydrogens (tertiary/aromatic N) is 2. The Labute approximate surface area is 101 Å². The molecule has 0 radical (unpaired) electrons. The second kappa shape index (κ2) is 5.82. The third-order valence-electron chi connectivity index (χ3n) is 3.41. The standard InChI is InChI=1S/C12H20N4O/c1-16(10-4-2-3-5-10)9-8-14-11-12(17)15-7-6-13-11/h6-7,10H,2-5,8-9H2,1H3,(H,13,14)(H,15,17). The molecule has 0 unspecified atom stereocenters. The Bertz CT molecular complexity index is 397. The second-order valence-corrected chi connectivity index (χ2v) is 4.61. The van der Waals surface area contributed by atoms with E-state index in [0.717, 1.165) is 19.1 Å². The van der Waals surface area contributed by atoms with Crippen LogP contribution in [-0.4, -0.2) is 41.0 Å². The molecule has 2 rings (SSSR count).